The molecule has 2 aromatic rings. The lowest BCUT2D eigenvalue weighted by Crippen LogP contribution is -1.98. The molecule has 0 radical (unpaired) electrons. The molecule has 0 saturated carbocycles. The molecule has 1 N–H and O–H groups in total. The second kappa shape index (κ2) is 5.50. The first-order chi connectivity index (χ1) is 8.31. The summed E-state index contributed by atoms with van der Waals surface area (Å²) < 4.78 is 12.1. The van der Waals surface area contributed by atoms with E-state index >= 15 is 0 Å². The van der Waals surface area contributed by atoms with Gasteiger partial charge in [-0.1, -0.05) is 24.3 Å². The molecule has 88 valence electrons. The van der Waals surface area contributed by atoms with Gasteiger partial charge in [0.25, 0.3) is 0 Å². The van der Waals surface area contributed by atoms with Crippen LogP contribution in [0.2, 0.25) is 0 Å². The molecule has 0 fully saturated rings. The lowest BCUT2D eigenvalue weighted by atomic mass is 10.0. The summed E-state index contributed by atoms with van der Waals surface area (Å²) >= 11 is 0. The van der Waals surface area contributed by atoms with E-state index in [2.05, 4.69) is 10.2 Å². The normalized spacial score (nSPS) is 12.4. The van der Waals surface area contributed by atoms with E-state index in [0.29, 0.717) is 0 Å². The van der Waals surface area contributed by atoms with Gasteiger partial charge < -0.3 is 5.11 Å². The second-order valence-electron chi connectivity index (χ2n) is 3.72. The molecule has 0 aliphatic carbocycles. The number of aliphatic hydroxyl groups is 1. The zero-order valence-electron chi connectivity index (χ0n) is 9.25. The van der Waals surface area contributed by atoms with Gasteiger partial charge in [-0.3, -0.25) is 4.39 Å². The highest BCUT2D eigenvalue weighted by Gasteiger charge is 2.07. The number of hydrogen-bond acceptors (Lipinski definition) is 3. The number of hydrogen-bond donors (Lipinski definition) is 1. The fraction of sp³-hybridized carbons (Fsp3) is 0.231. The molecule has 1 aromatic heterocycles. The van der Waals surface area contributed by atoms with Crippen LogP contribution in [0.25, 0.3) is 11.3 Å². The van der Waals surface area contributed by atoms with Crippen LogP contribution in [-0.4, -0.2) is 22.0 Å². The summed E-state index contributed by atoms with van der Waals surface area (Å²) in [5.74, 6) is 0. The van der Waals surface area contributed by atoms with Crippen molar-refractivity contribution in [1.29, 1.82) is 0 Å². The van der Waals surface area contributed by atoms with Gasteiger partial charge in [0.05, 0.1) is 18.5 Å². The Kier molecular flexibility index (Phi) is 3.77. The minimum atomic E-state index is -0.740. The van der Waals surface area contributed by atoms with Crippen LogP contribution in [0, 0.1) is 0 Å². The summed E-state index contributed by atoms with van der Waals surface area (Å²) in [4.78, 5) is 0. The van der Waals surface area contributed by atoms with E-state index in [1.807, 2.05) is 24.3 Å². The number of nitrogens with zero attached hydrogens (tertiary/aromatic N) is 2. The number of benzene rings is 1. The minimum absolute atomic E-state index is 0.129. The summed E-state index contributed by atoms with van der Waals surface area (Å²) in [6.07, 6.45) is 1.00. The first-order valence-corrected chi connectivity index (χ1v) is 5.43. The molecule has 1 aromatic carbocycles. The monoisotopic (exact) mass is 232 g/mol. The largest absolute Gasteiger partial charge is 0.388 e. The Bertz CT molecular complexity index is 459. The number of rotatable bonds is 4. The van der Waals surface area contributed by atoms with Crippen molar-refractivity contribution in [3.63, 3.8) is 0 Å². The molecule has 1 heterocycles. The van der Waals surface area contributed by atoms with E-state index in [9.17, 15) is 9.50 Å². The summed E-state index contributed by atoms with van der Waals surface area (Å²) in [6, 6.07) is 10.9. The molecule has 2 rings (SSSR count). The zero-order valence-corrected chi connectivity index (χ0v) is 9.25. The van der Waals surface area contributed by atoms with Gasteiger partial charge in [-0.25, -0.2) is 0 Å². The highest BCUT2D eigenvalue weighted by Crippen LogP contribution is 2.21. The molecule has 0 amide bonds. The molecule has 0 bridgehead atoms. The van der Waals surface area contributed by atoms with Crippen LogP contribution in [-0.2, 0) is 0 Å². The fourth-order valence-corrected chi connectivity index (χ4v) is 1.60. The summed E-state index contributed by atoms with van der Waals surface area (Å²) in [5, 5.41) is 17.4. The molecule has 4 heteroatoms. The van der Waals surface area contributed by atoms with Gasteiger partial charge in [-0.05, 0) is 17.7 Å². The maximum absolute atomic E-state index is 12.1. The topological polar surface area (TPSA) is 46.0 Å². The molecule has 17 heavy (non-hydrogen) atoms. The maximum Gasteiger partial charge on any atom is 0.0929 e. The van der Waals surface area contributed by atoms with Gasteiger partial charge in [-0.2, -0.15) is 10.2 Å². The predicted octanol–water partition coefficient (Wildman–Crippen LogP) is 2.54. The summed E-state index contributed by atoms with van der Waals surface area (Å²) in [5.41, 5.74) is 2.42. The van der Waals surface area contributed by atoms with Gasteiger partial charge in [0.2, 0.25) is 0 Å². The van der Waals surface area contributed by atoms with Crippen LogP contribution in [0.15, 0.2) is 42.6 Å². The van der Waals surface area contributed by atoms with E-state index < -0.39 is 12.8 Å². The Morgan fingerprint density at radius 3 is 2.53 bits per heavy atom. The second-order valence-corrected chi connectivity index (χ2v) is 3.72. The summed E-state index contributed by atoms with van der Waals surface area (Å²) in [7, 11) is 0. The lowest BCUT2D eigenvalue weighted by molar-refractivity contribution is 0.156. The average Bonchev–Trinajstić information content (AvgIpc) is 2.40. The summed E-state index contributed by atoms with van der Waals surface area (Å²) in [6.45, 7) is -0.521. The van der Waals surface area contributed by atoms with Crippen LogP contribution in [0.3, 0.4) is 0 Å². The fourth-order valence-electron chi connectivity index (χ4n) is 1.60. The SMILES string of the molecule is OC(CCF)c1ccc(-c2cccnn2)cc1. The first kappa shape index (κ1) is 11.7. The predicted molar refractivity (Wildman–Crippen MR) is 63.0 cm³/mol. The van der Waals surface area contributed by atoms with Crippen LogP contribution >= 0.6 is 0 Å². The third-order valence-corrected chi connectivity index (χ3v) is 2.55. The van der Waals surface area contributed by atoms with E-state index in [-0.39, 0.29) is 6.42 Å². The van der Waals surface area contributed by atoms with Crippen LogP contribution in [0.5, 0.6) is 0 Å². The number of alkyl halides is 1. The van der Waals surface area contributed by atoms with Crippen molar-refractivity contribution in [1.82, 2.24) is 10.2 Å². The van der Waals surface area contributed by atoms with Crippen molar-refractivity contribution < 1.29 is 9.50 Å². The third kappa shape index (κ3) is 2.85. The minimum Gasteiger partial charge on any atom is -0.388 e. The Hall–Kier alpha value is -1.81. The zero-order chi connectivity index (χ0) is 12.1. The molecular weight excluding hydrogens is 219 g/mol. The van der Waals surface area contributed by atoms with Crippen LogP contribution in [0.1, 0.15) is 18.1 Å². The molecule has 0 saturated heterocycles. The van der Waals surface area contributed by atoms with Crippen molar-refractivity contribution in [3.05, 3.63) is 48.2 Å². The molecule has 0 aliphatic heterocycles. The molecule has 0 spiro atoms. The van der Waals surface area contributed by atoms with Crippen molar-refractivity contribution in [3.8, 4) is 11.3 Å². The van der Waals surface area contributed by atoms with Gasteiger partial charge >= 0.3 is 0 Å². The standard InChI is InChI=1S/C13H13FN2O/c14-8-7-13(17)11-5-3-10(4-6-11)12-2-1-9-15-16-12/h1-6,9,13,17H,7-8H2. The highest BCUT2D eigenvalue weighted by atomic mass is 19.1. The van der Waals surface area contributed by atoms with Gasteiger partial charge in [-0.15, -0.1) is 0 Å². The van der Waals surface area contributed by atoms with Crippen molar-refractivity contribution in [2.45, 2.75) is 12.5 Å². The van der Waals surface area contributed by atoms with Crippen molar-refractivity contribution in [2.24, 2.45) is 0 Å². The van der Waals surface area contributed by atoms with Gasteiger partial charge in [0, 0.05) is 18.2 Å². The quantitative estimate of drug-likeness (QED) is 0.881. The smallest absolute Gasteiger partial charge is 0.0929 e. The molecule has 3 nitrogen and oxygen atoms in total. The maximum atomic E-state index is 12.1. The molecule has 0 aliphatic rings. The van der Waals surface area contributed by atoms with Crippen molar-refractivity contribution >= 4 is 0 Å². The Morgan fingerprint density at radius 1 is 1.18 bits per heavy atom. The number of halogens is 1. The van der Waals surface area contributed by atoms with E-state index in [1.54, 1.807) is 18.3 Å². The lowest BCUT2D eigenvalue weighted by Gasteiger charge is -2.09. The average molecular weight is 232 g/mol. The molecular formula is C13H13FN2O. The van der Waals surface area contributed by atoms with Crippen LogP contribution in [0.4, 0.5) is 4.39 Å². The highest BCUT2D eigenvalue weighted by molar-refractivity contribution is 5.58. The molecule has 1 atom stereocenters. The van der Waals surface area contributed by atoms with Crippen LogP contribution < -0.4 is 0 Å². The Labute approximate surface area is 99.0 Å². The van der Waals surface area contributed by atoms with Gasteiger partial charge in [0.15, 0.2) is 0 Å². The van der Waals surface area contributed by atoms with Gasteiger partial charge in [0.1, 0.15) is 0 Å². The third-order valence-electron chi connectivity index (χ3n) is 2.55. The van der Waals surface area contributed by atoms with E-state index in [1.165, 1.54) is 0 Å². The van der Waals surface area contributed by atoms with E-state index in [4.69, 9.17) is 0 Å². The Morgan fingerprint density at radius 2 is 1.94 bits per heavy atom. The van der Waals surface area contributed by atoms with E-state index in [0.717, 1.165) is 16.8 Å². The first-order valence-electron chi connectivity index (χ1n) is 5.43. The van der Waals surface area contributed by atoms with Crippen molar-refractivity contribution in [2.75, 3.05) is 6.67 Å². The number of aromatic nitrogens is 2. The number of aliphatic hydroxyl groups excluding tert-OH is 1. The Balaban J connectivity index is 2.19. The molecule has 1 unspecified atom stereocenters.